The second-order valence-electron chi connectivity index (χ2n) is 5.68. The molecule has 0 spiro atoms. The molecule has 0 amide bonds. The van der Waals surface area contributed by atoms with Crippen LogP contribution in [0, 0.1) is 5.41 Å². The van der Waals surface area contributed by atoms with Gasteiger partial charge in [0.25, 0.3) is 0 Å². The number of halogens is 1. The average molecular weight is 253 g/mol. The van der Waals surface area contributed by atoms with Gasteiger partial charge in [0, 0.05) is 5.02 Å². The number of hydrogen-bond donors (Lipinski definition) is 1. The Labute approximate surface area is 107 Å². The fourth-order valence-electron chi connectivity index (χ4n) is 2.86. The van der Waals surface area contributed by atoms with E-state index in [-0.39, 0.29) is 17.8 Å². The lowest BCUT2D eigenvalue weighted by Crippen LogP contribution is -2.26. The number of rotatable bonds is 2. The van der Waals surface area contributed by atoms with Gasteiger partial charge in [-0.2, -0.15) is 0 Å². The molecule has 2 nitrogen and oxygen atoms in total. The van der Waals surface area contributed by atoms with Crippen molar-refractivity contribution in [2.75, 3.05) is 0 Å². The van der Waals surface area contributed by atoms with Crippen molar-refractivity contribution in [2.45, 2.75) is 39.0 Å². The van der Waals surface area contributed by atoms with Crippen molar-refractivity contribution in [1.29, 1.82) is 0 Å². The maximum absolute atomic E-state index is 10.9. The van der Waals surface area contributed by atoms with E-state index < -0.39 is 5.97 Å². The molecule has 0 radical (unpaired) electrons. The molecule has 2 rings (SSSR count). The number of hydrogen-bond acceptors (Lipinski definition) is 1. The molecule has 17 heavy (non-hydrogen) atoms. The molecule has 1 atom stereocenters. The van der Waals surface area contributed by atoms with Gasteiger partial charge >= 0.3 is 5.97 Å². The van der Waals surface area contributed by atoms with E-state index in [9.17, 15) is 4.79 Å². The molecule has 0 fully saturated rings. The molecule has 0 aromatic heterocycles. The highest BCUT2D eigenvalue weighted by molar-refractivity contribution is 6.30. The first kappa shape index (κ1) is 12.4. The summed E-state index contributed by atoms with van der Waals surface area (Å²) in [6, 6.07) is 5.85. The van der Waals surface area contributed by atoms with Crippen molar-refractivity contribution in [3.8, 4) is 0 Å². The third-order valence-corrected chi connectivity index (χ3v) is 3.67. The highest BCUT2D eigenvalue weighted by Crippen LogP contribution is 2.44. The molecule has 0 heterocycles. The zero-order chi connectivity index (χ0) is 12.6. The molecule has 1 aromatic carbocycles. The summed E-state index contributed by atoms with van der Waals surface area (Å²) < 4.78 is 0. The minimum Gasteiger partial charge on any atom is -0.481 e. The first-order valence-electron chi connectivity index (χ1n) is 5.87. The number of fused-ring (bicyclic) bond motifs is 1. The van der Waals surface area contributed by atoms with E-state index in [1.165, 1.54) is 5.56 Å². The fraction of sp³-hybridized carbons (Fsp3) is 0.500. The first-order chi connectivity index (χ1) is 7.87. The van der Waals surface area contributed by atoms with Crippen LogP contribution in [0.15, 0.2) is 18.2 Å². The lowest BCUT2D eigenvalue weighted by atomic mass is 9.68. The van der Waals surface area contributed by atoms with Gasteiger partial charge in [0.1, 0.15) is 0 Å². The maximum atomic E-state index is 10.9. The van der Waals surface area contributed by atoms with Crippen LogP contribution in [-0.2, 0) is 11.2 Å². The molecule has 1 N–H and O–H groups in total. The van der Waals surface area contributed by atoms with Crippen LogP contribution in [0.25, 0.3) is 0 Å². The molecule has 3 heteroatoms. The van der Waals surface area contributed by atoms with Gasteiger partial charge in [0.2, 0.25) is 0 Å². The van der Waals surface area contributed by atoms with E-state index in [1.54, 1.807) is 0 Å². The molecular formula is C14H17ClO2. The summed E-state index contributed by atoms with van der Waals surface area (Å²) >= 11 is 6.00. The summed E-state index contributed by atoms with van der Waals surface area (Å²) in [5.41, 5.74) is 2.54. The van der Waals surface area contributed by atoms with Gasteiger partial charge in [-0.1, -0.05) is 31.5 Å². The van der Waals surface area contributed by atoms with Crippen LogP contribution in [-0.4, -0.2) is 11.1 Å². The average Bonchev–Trinajstić information content (AvgIpc) is 2.17. The Hall–Kier alpha value is -1.02. The van der Waals surface area contributed by atoms with Crippen LogP contribution >= 0.6 is 11.6 Å². The van der Waals surface area contributed by atoms with Gasteiger partial charge in [-0.05, 0) is 47.4 Å². The first-order valence-corrected chi connectivity index (χ1v) is 6.25. The Bertz CT molecular complexity index is 452. The van der Waals surface area contributed by atoms with Crippen LogP contribution in [0.1, 0.15) is 43.7 Å². The van der Waals surface area contributed by atoms with Crippen molar-refractivity contribution < 1.29 is 9.90 Å². The van der Waals surface area contributed by atoms with Crippen molar-refractivity contribution in [2.24, 2.45) is 5.41 Å². The standard InChI is InChI=1S/C14H17ClO2/c1-14(2)7-9-3-4-11(15)6-12(9)10(8-14)5-13(16)17/h3-4,6,10H,5,7-8H2,1-2H3,(H,16,17). The number of benzene rings is 1. The van der Waals surface area contributed by atoms with Gasteiger partial charge in [-0.15, -0.1) is 0 Å². The van der Waals surface area contributed by atoms with E-state index in [1.807, 2.05) is 18.2 Å². The predicted octanol–water partition coefficient (Wildman–Crippen LogP) is 3.87. The monoisotopic (exact) mass is 252 g/mol. The highest BCUT2D eigenvalue weighted by Gasteiger charge is 2.33. The van der Waals surface area contributed by atoms with Crippen molar-refractivity contribution in [1.82, 2.24) is 0 Å². The zero-order valence-corrected chi connectivity index (χ0v) is 10.9. The molecule has 92 valence electrons. The van der Waals surface area contributed by atoms with Crippen molar-refractivity contribution in [3.63, 3.8) is 0 Å². The van der Waals surface area contributed by atoms with Gasteiger partial charge in [0.05, 0.1) is 6.42 Å². The number of carboxylic acids is 1. The topological polar surface area (TPSA) is 37.3 Å². The van der Waals surface area contributed by atoms with Crippen LogP contribution in [0.4, 0.5) is 0 Å². The molecule has 0 saturated carbocycles. The fourth-order valence-corrected chi connectivity index (χ4v) is 3.04. The molecule has 1 unspecified atom stereocenters. The third kappa shape index (κ3) is 2.81. The quantitative estimate of drug-likeness (QED) is 0.868. The molecule has 0 bridgehead atoms. The lowest BCUT2D eigenvalue weighted by Gasteiger charge is -2.36. The third-order valence-electron chi connectivity index (χ3n) is 3.44. The maximum Gasteiger partial charge on any atom is 0.303 e. The Morgan fingerprint density at radius 1 is 1.53 bits per heavy atom. The summed E-state index contributed by atoms with van der Waals surface area (Å²) in [5.74, 6) is -0.649. The van der Waals surface area contributed by atoms with Gasteiger partial charge < -0.3 is 5.11 Å². The Morgan fingerprint density at radius 2 is 2.24 bits per heavy atom. The minimum absolute atomic E-state index is 0.0879. The normalized spacial score (nSPS) is 21.9. The highest BCUT2D eigenvalue weighted by atomic mass is 35.5. The van der Waals surface area contributed by atoms with E-state index in [0.29, 0.717) is 5.02 Å². The summed E-state index contributed by atoms with van der Waals surface area (Å²) in [5, 5.41) is 9.69. The van der Waals surface area contributed by atoms with Crippen molar-refractivity contribution >= 4 is 17.6 Å². The van der Waals surface area contributed by atoms with E-state index >= 15 is 0 Å². The SMILES string of the molecule is CC1(C)Cc2ccc(Cl)cc2C(CC(=O)O)C1. The summed E-state index contributed by atoms with van der Waals surface area (Å²) in [6.45, 7) is 4.39. The molecule has 1 aliphatic rings. The van der Waals surface area contributed by atoms with Crippen LogP contribution in [0.3, 0.4) is 0 Å². The number of aliphatic carboxylic acids is 1. The van der Waals surface area contributed by atoms with E-state index in [0.717, 1.165) is 18.4 Å². The molecule has 0 saturated heterocycles. The van der Waals surface area contributed by atoms with Gasteiger partial charge in [-0.25, -0.2) is 0 Å². The second-order valence-corrected chi connectivity index (χ2v) is 6.12. The molecular weight excluding hydrogens is 236 g/mol. The van der Waals surface area contributed by atoms with Crippen molar-refractivity contribution in [3.05, 3.63) is 34.3 Å². The Balaban J connectivity index is 2.40. The Morgan fingerprint density at radius 3 is 2.88 bits per heavy atom. The zero-order valence-electron chi connectivity index (χ0n) is 10.2. The summed E-state index contributed by atoms with van der Waals surface area (Å²) in [6.07, 6.45) is 2.10. The molecule has 1 aromatic rings. The molecule has 1 aliphatic carbocycles. The van der Waals surface area contributed by atoms with Crippen LogP contribution in [0.2, 0.25) is 5.02 Å². The van der Waals surface area contributed by atoms with E-state index in [4.69, 9.17) is 16.7 Å². The largest absolute Gasteiger partial charge is 0.481 e. The number of carboxylic acid groups (broad SMARTS) is 1. The summed E-state index contributed by atoms with van der Waals surface area (Å²) in [7, 11) is 0. The predicted molar refractivity (Wildman–Crippen MR) is 68.5 cm³/mol. The summed E-state index contributed by atoms with van der Waals surface area (Å²) in [4.78, 5) is 10.9. The second kappa shape index (κ2) is 4.34. The van der Waals surface area contributed by atoms with Gasteiger partial charge in [-0.3, -0.25) is 4.79 Å². The van der Waals surface area contributed by atoms with Gasteiger partial charge in [0.15, 0.2) is 0 Å². The molecule has 0 aliphatic heterocycles. The minimum atomic E-state index is -0.737. The Kier molecular flexibility index (Phi) is 3.17. The smallest absolute Gasteiger partial charge is 0.303 e. The van der Waals surface area contributed by atoms with Crippen LogP contribution < -0.4 is 0 Å². The lowest BCUT2D eigenvalue weighted by molar-refractivity contribution is -0.137. The number of carbonyl (C=O) groups is 1. The van der Waals surface area contributed by atoms with Crippen LogP contribution in [0.5, 0.6) is 0 Å². The van der Waals surface area contributed by atoms with E-state index in [2.05, 4.69) is 13.8 Å².